The van der Waals surface area contributed by atoms with E-state index in [1.807, 2.05) is 7.11 Å². The van der Waals surface area contributed by atoms with E-state index >= 15 is 0 Å². The molecule has 2 unspecified atom stereocenters. The standard InChI is InChI=1S/C12H23NO/c1-9(2)12(8-14-3)6-10(12)7-13-11-4-5-11/h9-11,13H,4-8H2,1-3H3. The molecule has 1 N–H and O–H groups in total. The molecule has 0 aromatic carbocycles. The van der Waals surface area contributed by atoms with Crippen LogP contribution < -0.4 is 5.32 Å². The molecule has 2 aliphatic carbocycles. The lowest BCUT2D eigenvalue weighted by Crippen LogP contribution is -2.26. The van der Waals surface area contributed by atoms with Crippen LogP contribution in [-0.4, -0.2) is 26.3 Å². The van der Waals surface area contributed by atoms with E-state index in [2.05, 4.69) is 19.2 Å². The molecule has 2 saturated carbocycles. The normalized spacial score (nSPS) is 36.4. The highest BCUT2D eigenvalue weighted by Crippen LogP contribution is 2.57. The molecule has 14 heavy (non-hydrogen) atoms. The third-order valence-electron chi connectivity index (χ3n) is 4.07. The Kier molecular flexibility index (Phi) is 2.85. The maximum atomic E-state index is 5.36. The zero-order valence-corrected chi connectivity index (χ0v) is 9.68. The van der Waals surface area contributed by atoms with E-state index in [0.717, 1.165) is 24.5 Å². The van der Waals surface area contributed by atoms with Crippen LogP contribution in [0.1, 0.15) is 33.1 Å². The first-order chi connectivity index (χ1) is 6.69. The SMILES string of the molecule is COCC1(C(C)C)CC1CNC1CC1. The van der Waals surface area contributed by atoms with Crippen molar-refractivity contribution in [1.82, 2.24) is 5.32 Å². The second-order valence-corrected chi connectivity index (χ2v) is 5.40. The van der Waals surface area contributed by atoms with E-state index in [0.29, 0.717) is 5.41 Å². The highest BCUT2D eigenvalue weighted by atomic mass is 16.5. The predicted octanol–water partition coefficient (Wildman–Crippen LogP) is 2.05. The maximum Gasteiger partial charge on any atom is 0.0524 e. The highest BCUT2D eigenvalue weighted by molar-refractivity contribution is 5.05. The van der Waals surface area contributed by atoms with Crippen LogP contribution in [0, 0.1) is 17.3 Å². The number of methoxy groups -OCH3 is 1. The van der Waals surface area contributed by atoms with Gasteiger partial charge in [-0.2, -0.15) is 0 Å². The van der Waals surface area contributed by atoms with Gasteiger partial charge in [0.2, 0.25) is 0 Å². The number of hydrogen-bond donors (Lipinski definition) is 1. The van der Waals surface area contributed by atoms with Gasteiger partial charge in [0.15, 0.2) is 0 Å². The summed E-state index contributed by atoms with van der Waals surface area (Å²) in [7, 11) is 1.83. The molecule has 0 saturated heterocycles. The Morgan fingerprint density at radius 1 is 1.43 bits per heavy atom. The molecule has 0 aliphatic heterocycles. The Labute approximate surface area is 87.4 Å². The molecule has 2 nitrogen and oxygen atoms in total. The Morgan fingerprint density at radius 2 is 2.14 bits per heavy atom. The minimum Gasteiger partial charge on any atom is -0.384 e. The summed E-state index contributed by atoms with van der Waals surface area (Å²) in [6.07, 6.45) is 4.15. The first kappa shape index (κ1) is 10.4. The van der Waals surface area contributed by atoms with E-state index < -0.39 is 0 Å². The Balaban J connectivity index is 1.77. The van der Waals surface area contributed by atoms with Crippen molar-refractivity contribution in [3.05, 3.63) is 0 Å². The van der Waals surface area contributed by atoms with E-state index in [1.165, 1.54) is 25.8 Å². The Bertz CT molecular complexity index is 200. The summed E-state index contributed by atoms with van der Waals surface area (Å²) in [6.45, 7) is 6.82. The summed E-state index contributed by atoms with van der Waals surface area (Å²) in [5.41, 5.74) is 0.497. The van der Waals surface area contributed by atoms with Gasteiger partial charge in [-0.05, 0) is 37.6 Å². The van der Waals surface area contributed by atoms with Crippen molar-refractivity contribution in [2.24, 2.45) is 17.3 Å². The van der Waals surface area contributed by atoms with Crippen molar-refractivity contribution < 1.29 is 4.74 Å². The fourth-order valence-electron chi connectivity index (χ4n) is 2.59. The summed E-state index contributed by atoms with van der Waals surface area (Å²) < 4.78 is 5.36. The molecule has 2 rings (SSSR count). The Morgan fingerprint density at radius 3 is 2.64 bits per heavy atom. The minimum absolute atomic E-state index is 0.497. The third kappa shape index (κ3) is 1.96. The topological polar surface area (TPSA) is 21.3 Å². The summed E-state index contributed by atoms with van der Waals surface area (Å²) >= 11 is 0. The van der Waals surface area contributed by atoms with Gasteiger partial charge in [-0.15, -0.1) is 0 Å². The van der Waals surface area contributed by atoms with Crippen LogP contribution in [0.15, 0.2) is 0 Å². The fraction of sp³-hybridized carbons (Fsp3) is 1.00. The lowest BCUT2D eigenvalue weighted by Gasteiger charge is -2.21. The molecule has 0 aromatic heterocycles. The smallest absolute Gasteiger partial charge is 0.0524 e. The zero-order chi connectivity index (χ0) is 10.2. The van der Waals surface area contributed by atoms with Crippen LogP contribution in [0.2, 0.25) is 0 Å². The molecule has 0 amide bonds. The molecule has 2 atom stereocenters. The van der Waals surface area contributed by atoms with Crippen molar-refractivity contribution in [1.29, 1.82) is 0 Å². The zero-order valence-electron chi connectivity index (χ0n) is 9.68. The van der Waals surface area contributed by atoms with Gasteiger partial charge >= 0.3 is 0 Å². The van der Waals surface area contributed by atoms with Crippen LogP contribution in [0.3, 0.4) is 0 Å². The molecule has 0 spiro atoms. The average molecular weight is 197 g/mol. The third-order valence-corrected chi connectivity index (χ3v) is 4.07. The molecule has 0 bridgehead atoms. The van der Waals surface area contributed by atoms with Crippen molar-refractivity contribution in [3.8, 4) is 0 Å². The molecule has 2 fully saturated rings. The van der Waals surface area contributed by atoms with Crippen molar-refractivity contribution >= 4 is 0 Å². The van der Waals surface area contributed by atoms with Crippen molar-refractivity contribution in [2.45, 2.75) is 39.2 Å². The molecule has 82 valence electrons. The quantitative estimate of drug-likeness (QED) is 0.703. The fourth-order valence-corrected chi connectivity index (χ4v) is 2.59. The molecular formula is C12H23NO. The summed E-state index contributed by atoms with van der Waals surface area (Å²) in [5.74, 6) is 1.62. The van der Waals surface area contributed by atoms with Gasteiger partial charge in [0.25, 0.3) is 0 Å². The molecule has 0 radical (unpaired) electrons. The number of rotatable bonds is 6. The van der Waals surface area contributed by atoms with Gasteiger partial charge in [-0.1, -0.05) is 13.8 Å². The van der Waals surface area contributed by atoms with E-state index in [9.17, 15) is 0 Å². The predicted molar refractivity (Wildman–Crippen MR) is 58.3 cm³/mol. The molecule has 2 heteroatoms. The van der Waals surface area contributed by atoms with Gasteiger partial charge in [-0.25, -0.2) is 0 Å². The summed E-state index contributed by atoms with van der Waals surface area (Å²) in [6, 6.07) is 0.850. The second-order valence-electron chi connectivity index (χ2n) is 5.40. The molecule has 0 heterocycles. The van der Waals surface area contributed by atoms with Gasteiger partial charge in [0.1, 0.15) is 0 Å². The lowest BCUT2D eigenvalue weighted by atomic mass is 9.90. The van der Waals surface area contributed by atoms with Gasteiger partial charge in [0, 0.05) is 18.6 Å². The van der Waals surface area contributed by atoms with Crippen LogP contribution in [0.4, 0.5) is 0 Å². The van der Waals surface area contributed by atoms with Crippen molar-refractivity contribution in [3.63, 3.8) is 0 Å². The summed E-state index contributed by atoms with van der Waals surface area (Å²) in [4.78, 5) is 0. The van der Waals surface area contributed by atoms with Crippen LogP contribution in [0.25, 0.3) is 0 Å². The Hall–Kier alpha value is -0.0800. The number of hydrogen-bond acceptors (Lipinski definition) is 2. The number of ether oxygens (including phenoxy) is 1. The molecular weight excluding hydrogens is 174 g/mol. The first-order valence-electron chi connectivity index (χ1n) is 5.91. The highest BCUT2D eigenvalue weighted by Gasteiger charge is 2.55. The van der Waals surface area contributed by atoms with Gasteiger partial charge in [-0.3, -0.25) is 0 Å². The first-order valence-corrected chi connectivity index (χ1v) is 5.91. The van der Waals surface area contributed by atoms with Crippen LogP contribution in [-0.2, 0) is 4.74 Å². The van der Waals surface area contributed by atoms with E-state index in [4.69, 9.17) is 4.74 Å². The second kappa shape index (κ2) is 3.82. The van der Waals surface area contributed by atoms with Crippen LogP contribution in [0.5, 0.6) is 0 Å². The molecule has 0 aromatic rings. The molecule has 2 aliphatic rings. The monoisotopic (exact) mass is 197 g/mol. The van der Waals surface area contributed by atoms with Crippen LogP contribution >= 0.6 is 0 Å². The van der Waals surface area contributed by atoms with E-state index in [-0.39, 0.29) is 0 Å². The maximum absolute atomic E-state index is 5.36. The minimum atomic E-state index is 0.497. The largest absolute Gasteiger partial charge is 0.384 e. The average Bonchev–Trinajstić information content (AvgIpc) is 2.96. The summed E-state index contributed by atoms with van der Waals surface area (Å²) in [5, 5.41) is 3.63. The van der Waals surface area contributed by atoms with Gasteiger partial charge in [0.05, 0.1) is 6.61 Å². The van der Waals surface area contributed by atoms with Crippen molar-refractivity contribution in [2.75, 3.05) is 20.3 Å². The lowest BCUT2D eigenvalue weighted by molar-refractivity contribution is 0.104. The number of nitrogens with one attached hydrogen (secondary N) is 1. The van der Waals surface area contributed by atoms with Gasteiger partial charge < -0.3 is 10.1 Å². The van der Waals surface area contributed by atoms with E-state index in [1.54, 1.807) is 0 Å².